The summed E-state index contributed by atoms with van der Waals surface area (Å²) >= 11 is 5.88. The summed E-state index contributed by atoms with van der Waals surface area (Å²) in [6.45, 7) is 1.00. The van der Waals surface area contributed by atoms with E-state index >= 15 is 0 Å². The number of carbonyl (C=O) groups excluding carboxylic acids is 1. The minimum Gasteiger partial charge on any atom is -0.486 e. The van der Waals surface area contributed by atoms with Gasteiger partial charge in [0.2, 0.25) is 0 Å². The molecule has 5 rings (SSSR count). The van der Waals surface area contributed by atoms with Crippen LogP contribution in [0.5, 0.6) is 11.5 Å². The molecule has 2 bridgehead atoms. The van der Waals surface area contributed by atoms with Crippen LogP contribution in [0.1, 0.15) is 35.2 Å². The van der Waals surface area contributed by atoms with E-state index in [9.17, 15) is 9.18 Å². The number of amides is 1. The number of ether oxygens (including phenoxy) is 2. The summed E-state index contributed by atoms with van der Waals surface area (Å²) in [5.41, 5.74) is 2.12. The Morgan fingerprint density at radius 3 is 2.68 bits per heavy atom. The Kier molecular flexibility index (Phi) is 4.27. The first-order valence-electron chi connectivity index (χ1n) is 9.48. The molecule has 1 amide bonds. The van der Waals surface area contributed by atoms with Gasteiger partial charge >= 0.3 is 0 Å². The van der Waals surface area contributed by atoms with E-state index in [0.717, 1.165) is 18.4 Å². The van der Waals surface area contributed by atoms with Crippen molar-refractivity contribution in [2.24, 2.45) is 0 Å². The van der Waals surface area contributed by atoms with E-state index in [0.29, 0.717) is 47.3 Å². The highest BCUT2D eigenvalue weighted by molar-refractivity contribution is 6.30. The third-order valence-corrected chi connectivity index (χ3v) is 5.93. The summed E-state index contributed by atoms with van der Waals surface area (Å²) in [4.78, 5) is 15.1. The van der Waals surface area contributed by atoms with Crippen molar-refractivity contribution >= 4 is 23.1 Å². The lowest BCUT2D eigenvalue weighted by atomic mass is 9.94. The lowest BCUT2D eigenvalue weighted by molar-refractivity contribution is 0.0691. The molecule has 1 saturated heterocycles. The van der Waals surface area contributed by atoms with Gasteiger partial charge < -0.3 is 14.4 Å². The van der Waals surface area contributed by atoms with Crippen LogP contribution in [0.4, 0.5) is 4.39 Å². The van der Waals surface area contributed by atoms with Gasteiger partial charge in [0.25, 0.3) is 5.91 Å². The first kappa shape index (κ1) is 17.6. The van der Waals surface area contributed by atoms with Gasteiger partial charge in [-0.2, -0.15) is 0 Å². The van der Waals surface area contributed by atoms with Gasteiger partial charge in [-0.05, 0) is 55.2 Å². The molecule has 144 valence electrons. The van der Waals surface area contributed by atoms with Crippen LogP contribution in [-0.2, 0) is 0 Å². The first-order valence-corrected chi connectivity index (χ1v) is 9.86. The maximum absolute atomic E-state index is 14.4. The fourth-order valence-corrected chi connectivity index (χ4v) is 4.58. The van der Waals surface area contributed by atoms with Gasteiger partial charge in [-0.25, -0.2) is 4.39 Å². The Morgan fingerprint density at radius 2 is 1.89 bits per heavy atom. The molecule has 0 aromatic heterocycles. The highest BCUT2D eigenvalue weighted by Crippen LogP contribution is 2.41. The zero-order valence-electron chi connectivity index (χ0n) is 15.2. The number of halogens is 2. The van der Waals surface area contributed by atoms with Crippen molar-refractivity contribution in [1.29, 1.82) is 0 Å². The minimum atomic E-state index is -0.315. The Hall–Kier alpha value is -2.53. The lowest BCUT2D eigenvalue weighted by Crippen LogP contribution is -2.43. The zero-order valence-corrected chi connectivity index (χ0v) is 15.9. The topological polar surface area (TPSA) is 38.8 Å². The van der Waals surface area contributed by atoms with E-state index in [1.165, 1.54) is 6.07 Å². The third-order valence-electron chi connectivity index (χ3n) is 5.70. The molecule has 0 aliphatic carbocycles. The molecule has 2 aromatic rings. The molecule has 3 aliphatic heterocycles. The van der Waals surface area contributed by atoms with Gasteiger partial charge in [0, 0.05) is 22.2 Å². The fraction of sp³-hybridized carbons (Fsp3) is 0.318. The summed E-state index contributed by atoms with van der Waals surface area (Å²) in [6, 6.07) is 10.1. The second-order valence-corrected chi connectivity index (χ2v) is 7.83. The Balaban J connectivity index is 1.43. The number of hydrogen-bond donors (Lipinski definition) is 0. The number of fused-ring (bicyclic) bond motifs is 3. The molecule has 28 heavy (non-hydrogen) atoms. The van der Waals surface area contributed by atoms with E-state index in [4.69, 9.17) is 21.1 Å². The van der Waals surface area contributed by atoms with Crippen molar-refractivity contribution in [2.75, 3.05) is 13.2 Å². The van der Waals surface area contributed by atoms with Gasteiger partial charge in [0.05, 0.1) is 6.04 Å². The standard InChI is InChI=1S/C22H19ClFNO3/c23-15-2-5-18(19(24)12-15)14-9-16-3-4-17(10-14)25(16)22(26)13-1-6-20-21(11-13)28-8-7-27-20/h1-2,5-6,9,11-12,16-17H,3-4,7-8,10H2. The third kappa shape index (κ3) is 2.94. The lowest BCUT2D eigenvalue weighted by Gasteiger charge is -2.34. The molecular weight excluding hydrogens is 381 g/mol. The molecule has 2 atom stereocenters. The molecule has 3 aliphatic rings. The molecule has 2 unspecified atom stereocenters. The summed E-state index contributed by atoms with van der Waals surface area (Å²) in [7, 11) is 0. The quantitative estimate of drug-likeness (QED) is 0.734. The first-order chi connectivity index (χ1) is 13.6. The highest BCUT2D eigenvalue weighted by Gasteiger charge is 2.40. The number of benzene rings is 2. The molecular formula is C22H19ClFNO3. The number of rotatable bonds is 2. The molecule has 2 aromatic carbocycles. The average molecular weight is 400 g/mol. The summed E-state index contributed by atoms with van der Waals surface area (Å²) in [5.74, 6) is 0.951. The van der Waals surface area contributed by atoms with E-state index in [-0.39, 0.29) is 23.8 Å². The van der Waals surface area contributed by atoms with Crippen molar-refractivity contribution < 1.29 is 18.7 Å². The molecule has 0 spiro atoms. The monoisotopic (exact) mass is 399 g/mol. The molecule has 0 saturated carbocycles. The van der Waals surface area contributed by atoms with Gasteiger partial charge in [0.15, 0.2) is 11.5 Å². The van der Waals surface area contributed by atoms with E-state index < -0.39 is 0 Å². The van der Waals surface area contributed by atoms with Crippen molar-refractivity contribution in [3.8, 4) is 11.5 Å². The maximum Gasteiger partial charge on any atom is 0.254 e. The van der Waals surface area contributed by atoms with E-state index in [1.807, 2.05) is 11.0 Å². The normalized spacial score (nSPS) is 22.8. The van der Waals surface area contributed by atoms with Crippen LogP contribution >= 0.6 is 11.6 Å². The summed E-state index contributed by atoms with van der Waals surface area (Å²) in [5, 5.41) is 0.385. The second kappa shape index (κ2) is 6.82. The van der Waals surface area contributed by atoms with Crippen LogP contribution in [0.2, 0.25) is 5.02 Å². The maximum atomic E-state index is 14.4. The van der Waals surface area contributed by atoms with Crippen LogP contribution in [0, 0.1) is 5.82 Å². The molecule has 0 N–H and O–H groups in total. The summed E-state index contributed by atoms with van der Waals surface area (Å²) < 4.78 is 25.5. The van der Waals surface area contributed by atoms with Crippen molar-refractivity contribution in [3.05, 3.63) is 64.4 Å². The smallest absolute Gasteiger partial charge is 0.254 e. The minimum absolute atomic E-state index is 0.0173. The van der Waals surface area contributed by atoms with Crippen LogP contribution < -0.4 is 9.47 Å². The Labute approximate surface area is 167 Å². The molecule has 4 nitrogen and oxygen atoms in total. The van der Waals surface area contributed by atoms with Crippen molar-refractivity contribution in [1.82, 2.24) is 4.90 Å². The largest absolute Gasteiger partial charge is 0.486 e. The van der Waals surface area contributed by atoms with Crippen molar-refractivity contribution in [3.63, 3.8) is 0 Å². The second-order valence-electron chi connectivity index (χ2n) is 7.39. The predicted octanol–water partition coefficient (Wildman–Crippen LogP) is 4.71. The van der Waals surface area contributed by atoms with Crippen LogP contribution in [0.3, 0.4) is 0 Å². The SMILES string of the molecule is O=C(c1ccc2c(c1)OCCO2)N1C2C=C(c3ccc(Cl)cc3F)CC1CC2. The predicted molar refractivity (Wildman–Crippen MR) is 104 cm³/mol. The van der Waals surface area contributed by atoms with Crippen LogP contribution in [0.15, 0.2) is 42.5 Å². The van der Waals surface area contributed by atoms with Crippen molar-refractivity contribution in [2.45, 2.75) is 31.3 Å². The van der Waals surface area contributed by atoms with Crippen LogP contribution in [-0.4, -0.2) is 36.1 Å². The van der Waals surface area contributed by atoms with Gasteiger partial charge in [-0.1, -0.05) is 23.7 Å². The van der Waals surface area contributed by atoms with E-state index in [2.05, 4.69) is 0 Å². The number of carbonyl (C=O) groups is 1. The average Bonchev–Trinajstić information content (AvgIpc) is 2.96. The van der Waals surface area contributed by atoms with Gasteiger partial charge in [0.1, 0.15) is 19.0 Å². The van der Waals surface area contributed by atoms with E-state index in [1.54, 1.807) is 30.3 Å². The highest BCUT2D eigenvalue weighted by atomic mass is 35.5. The number of hydrogen-bond acceptors (Lipinski definition) is 3. The molecule has 0 radical (unpaired) electrons. The van der Waals surface area contributed by atoms with Gasteiger partial charge in [-0.15, -0.1) is 0 Å². The molecule has 6 heteroatoms. The van der Waals surface area contributed by atoms with Gasteiger partial charge in [-0.3, -0.25) is 4.79 Å². The Morgan fingerprint density at radius 1 is 1.07 bits per heavy atom. The zero-order chi connectivity index (χ0) is 19.3. The van der Waals surface area contributed by atoms with Crippen LogP contribution in [0.25, 0.3) is 5.57 Å². The Bertz CT molecular complexity index is 990. The molecule has 1 fully saturated rings. The number of nitrogens with zero attached hydrogens (tertiary/aromatic N) is 1. The molecule has 3 heterocycles. The fourth-order valence-electron chi connectivity index (χ4n) is 4.42. The summed E-state index contributed by atoms with van der Waals surface area (Å²) in [6.07, 6.45) is 4.48.